The van der Waals surface area contributed by atoms with Gasteiger partial charge in [-0.3, -0.25) is 4.79 Å². The average molecular weight is 358 g/mol. The first-order chi connectivity index (χ1) is 11.5. The van der Waals surface area contributed by atoms with Crippen molar-refractivity contribution < 1.29 is 14.3 Å². The lowest BCUT2D eigenvalue weighted by Crippen LogP contribution is -2.27. The molecular formula is C13H20ClN7O3. The molecule has 0 aliphatic heterocycles. The molecule has 0 unspecified atom stereocenters. The molecule has 1 aromatic rings. The SMILES string of the molecule is CCCCNc1nc(N)c(C(=O)NC=NNC(=O)OCC)nc1Cl. The van der Waals surface area contributed by atoms with E-state index in [1.165, 1.54) is 0 Å². The smallest absolute Gasteiger partial charge is 0.427 e. The zero-order valence-corrected chi connectivity index (χ0v) is 14.2. The van der Waals surface area contributed by atoms with Gasteiger partial charge in [-0.05, 0) is 13.3 Å². The van der Waals surface area contributed by atoms with Gasteiger partial charge in [-0.1, -0.05) is 24.9 Å². The predicted molar refractivity (Wildman–Crippen MR) is 91.0 cm³/mol. The van der Waals surface area contributed by atoms with E-state index in [-0.39, 0.29) is 23.3 Å². The topological polar surface area (TPSA) is 144 Å². The summed E-state index contributed by atoms with van der Waals surface area (Å²) < 4.78 is 4.58. The number of nitrogens with one attached hydrogen (secondary N) is 3. The van der Waals surface area contributed by atoms with Crippen molar-refractivity contribution in [2.45, 2.75) is 26.7 Å². The molecule has 0 radical (unpaired) electrons. The lowest BCUT2D eigenvalue weighted by atomic mass is 10.3. The highest BCUT2D eigenvalue weighted by atomic mass is 35.5. The number of nitrogens with two attached hydrogens (primary N) is 1. The van der Waals surface area contributed by atoms with Crippen LogP contribution in [0.2, 0.25) is 5.15 Å². The Balaban J connectivity index is 2.65. The van der Waals surface area contributed by atoms with Crippen LogP contribution in [0.1, 0.15) is 37.2 Å². The molecule has 24 heavy (non-hydrogen) atoms. The zero-order chi connectivity index (χ0) is 17.9. The second-order valence-electron chi connectivity index (χ2n) is 4.44. The lowest BCUT2D eigenvalue weighted by Gasteiger charge is -2.09. The van der Waals surface area contributed by atoms with Gasteiger partial charge in [0.1, 0.15) is 6.34 Å². The fraction of sp³-hybridized carbons (Fsp3) is 0.462. The molecule has 10 nitrogen and oxygen atoms in total. The molecule has 0 saturated heterocycles. The minimum absolute atomic E-state index is 0.0343. The second kappa shape index (κ2) is 10.2. The lowest BCUT2D eigenvalue weighted by molar-refractivity contribution is 0.0973. The Morgan fingerprint density at radius 1 is 1.38 bits per heavy atom. The van der Waals surface area contributed by atoms with Crippen molar-refractivity contribution in [3.63, 3.8) is 0 Å². The van der Waals surface area contributed by atoms with Gasteiger partial charge in [-0.25, -0.2) is 20.2 Å². The van der Waals surface area contributed by atoms with Gasteiger partial charge in [0.2, 0.25) is 0 Å². The Kier molecular flexibility index (Phi) is 8.26. The molecular weight excluding hydrogens is 338 g/mol. The van der Waals surface area contributed by atoms with Crippen molar-refractivity contribution in [1.82, 2.24) is 20.7 Å². The van der Waals surface area contributed by atoms with E-state index in [1.807, 2.05) is 5.43 Å². The van der Waals surface area contributed by atoms with Gasteiger partial charge in [0, 0.05) is 6.54 Å². The minimum Gasteiger partial charge on any atom is -0.449 e. The number of nitrogen functional groups attached to an aromatic ring is 1. The Labute approximate surface area is 144 Å². The Morgan fingerprint density at radius 3 is 2.79 bits per heavy atom. The Hall–Kier alpha value is -2.62. The van der Waals surface area contributed by atoms with Crippen LogP contribution in [0.25, 0.3) is 0 Å². The third-order valence-corrected chi connectivity index (χ3v) is 2.87. The van der Waals surface area contributed by atoms with Crippen LogP contribution < -0.4 is 21.8 Å². The van der Waals surface area contributed by atoms with Gasteiger partial charge in [0.05, 0.1) is 6.61 Å². The van der Waals surface area contributed by atoms with Gasteiger partial charge >= 0.3 is 6.09 Å². The summed E-state index contributed by atoms with van der Waals surface area (Å²) >= 11 is 5.98. The summed E-state index contributed by atoms with van der Waals surface area (Å²) in [6, 6.07) is 0. The quantitative estimate of drug-likeness (QED) is 0.238. The van der Waals surface area contributed by atoms with Crippen LogP contribution in [-0.4, -0.2) is 41.5 Å². The van der Waals surface area contributed by atoms with Crippen LogP contribution in [-0.2, 0) is 4.74 Å². The van der Waals surface area contributed by atoms with E-state index >= 15 is 0 Å². The van der Waals surface area contributed by atoms with Crippen molar-refractivity contribution in [3.8, 4) is 0 Å². The number of hydrogen-bond acceptors (Lipinski definition) is 8. The van der Waals surface area contributed by atoms with E-state index in [4.69, 9.17) is 17.3 Å². The monoisotopic (exact) mass is 357 g/mol. The summed E-state index contributed by atoms with van der Waals surface area (Å²) in [5, 5.41) is 8.76. The van der Waals surface area contributed by atoms with Crippen molar-refractivity contribution >= 4 is 41.6 Å². The number of carbonyl (C=O) groups excluding carboxylic acids is 2. The molecule has 1 aromatic heterocycles. The number of unbranched alkanes of at least 4 members (excludes halogenated alkanes) is 1. The average Bonchev–Trinajstić information content (AvgIpc) is 2.54. The van der Waals surface area contributed by atoms with Crippen molar-refractivity contribution in [2.24, 2.45) is 5.10 Å². The summed E-state index contributed by atoms with van der Waals surface area (Å²) in [5.74, 6) is -0.434. The first-order valence-electron chi connectivity index (χ1n) is 7.31. The van der Waals surface area contributed by atoms with Crippen LogP contribution in [0, 0.1) is 0 Å². The van der Waals surface area contributed by atoms with E-state index < -0.39 is 12.0 Å². The van der Waals surface area contributed by atoms with Crippen LogP contribution >= 0.6 is 11.6 Å². The van der Waals surface area contributed by atoms with Gasteiger partial charge in [0.15, 0.2) is 22.5 Å². The second-order valence-corrected chi connectivity index (χ2v) is 4.80. The van der Waals surface area contributed by atoms with Gasteiger partial charge in [-0.2, -0.15) is 5.10 Å². The Bertz CT molecular complexity index is 609. The number of amides is 2. The summed E-state index contributed by atoms with van der Waals surface area (Å²) in [4.78, 5) is 30.9. The fourth-order valence-electron chi connectivity index (χ4n) is 1.50. The molecule has 0 atom stereocenters. The van der Waals surface area contributed by atoms with Crippen LogP contribution in [0.5, 0.6) is 0 Å². The van der Waals surface area contributed by atoms with E-state index in [0.717, 1.165) is 19.2 Å². The number of nitrogens with zero attached hydrogens (tertiary/aromatic N) is 3. The van der Waals surface area contributed by atoms with Crippen molar-refractivity contribution in [2.75, 3.05) is 24.2 Å². The fourth-order valence-corrected chi connectivity index (χ4v) is 1.69. The summed E-state index contributed by atoms with van der Waals surface area (Å²) in [6.07, 6.45) is 2.16. The van der Waals surface area contributed by atoms with E-state index in [9.17, 15) is 9.59 Å². The molecule has 0 bridgehead atoms. The molecule has 0 fully saturated rings. The van der Waals surface area contributed by atoms with E-state index in [1.54, 1.807) is 6.92 Å². The van der Waals surface area contributed by atoms with E-state index in [2.05, 4.69) is 37.4 Å². The summed E-state index contributed by atoms with van der Waals surface area (Å²) in [5.41, 5.74) is 7.62. The van der Waals surface area contributed by atoms with Crippen LogP contribution in [0.4, 0.5) is 16.4 Å². The zero-order valence-electron chi connectivity index (χ0n) is 13.4. The summed E-state index contributed by atoms with van der Waals surface area (Å²) in [7, 11) is 0. The standard InChI is InChI=1S/C13H20ClN7O3/c1-3-5-6-16-11-9(14)19-8(10(15)20-11)12(22)17-7-18-21-13(23)24-4-2/h7H,3-6H2,1-2H3,(H,21,23)(H3,15,16,20)(H,17,18,22). The van der Waals surface area contributed by atoms with Crippen LogP contribution in [0.15, 0.2) is 5.10 Å². The van der Waals surface area contributed by atoms with Gasteiger partial charge < -0.3 is 21.1 Å². The number of hydrazone groups is 1. The van der Waals surface area contributed by atoms with Crippen molar-refractivity contribution in [1.29, 1.82) is 0 Å². The number of halogens is 1. The Morgan fingerprint density at radius 2 is 2.12 bits per heavy atom. The van der Waals surface area contributed by atoms with Gasteiger partial charge in [0.25, 0.3) is 5.91 Å². The number of carbonyl (C=O) groups is 2. The predicted octanol–water partition coefficient (Wildman–Crippen LogP) is 1.34. The largest absolute Gasteiger partial charge is 0.449 e. The third-order valence-electron chi connectivity index (χ3n) is 2.61. The molecule has 11 heteroatoms. The molecule has 2 amide bonds. The maximum Gasteiger partial charge on any atom is 0.427 e. The molecule has 132 valence electrons. The maximum absolute atomic E-state index is 12.0. The highest BCUT2D eigenvalue weighted by Crippen LogP contribution is 2.20. The molecule has 0 aliphatic rings. The number of hydrogen-bond donors (Lipinski definition) is 4. The minimum atomic E-state index is -0.743. The first-order valence-corrected chi connectivity index (χ1v) is 7.69. The molecule has 1 rings (SSSR count). The maximum atomic E-state index is 12.0. The molecule has 0 aromatic carbocycles. The molecule has 0 spiro atoms. The molecule has 5 N–H and O–H groups in total. The van der Waals surface area contributed by atoms with Gasteiger partial charge in [-0.15, -0.1) is 0 Å². The molecule has 0 saturated carbocycles. The first kappa shape index (κ1) is 19.4. The third kappa shape index (κ3) is 6.24. The van der Waals surface area contributed by atoms with Crippen molar-refractivity contribution in [3.05, 3.63) is 10.8 Å². The molecule has 0 aliphatic carbocycles. The molecule has 1 heterocycles. The van der Waals surface area contributed by atoms with E-state index in [0.29, 0.717) is 12.4 Å². The normalized spacial score (nSPS) is 10.5. The number of anilines is 2. The summed E-state index contributed by atoms with van der Waals surface area (Å²) in [6.45, 7) is 4.57. The highest BCUT2D eigenvalue weighted by molar-refractivity contribution is 6.32. The number of aromatic nitrogens is 2. The van der Waals surface area contributed by atoms with Crippen LogP contribution in [0.3, 0.4) is 0 Å². The highest BCUT2D eigenvalue weighted by Gasteiger charge is 2.16. The number of ether oxygens (including phenoxy) is 1. The number of rotatable bonds is 8.